The summed E-state index contributed by atoms with van der Waals surface area (Å²) in [5.41, 5.74) is 1.26. The molecule has 106 valence electrons. The zero-order valence-corrected chi connectivity index (χ0v) is 12.9. The van der Waals surface area contributed by atoms with E-state index in [1.165, 1.54) is 5.56 Å². The second kappa shape index (κ2) is 8.99. The van der Waals surface area contributed by atoms with Crippen molar-refractivity contribution in [1.29, 1.82) is 0 Å². The minimum absolute atomic E-state index is 0.000405. The molecule has 1 aromatic carbocycles. The fourth-order valence-electron chi connectivity index (χ4n) is 1.62. The molecule has 19 heavy (non-hydrogen) atoms. The summed E-state index contributed by atoms with van der Waals surface area (Å²) < 4.78 is 0. The van der Waals surface area contributed by atoms with Crippen LogP contribution in [0, 0.1) is 0 Å². The van der Waals surface area contributed by atoms with E-state index in [0.717, 1.165) is 25.3 Å². The molecular weight excluding hydrogens is 256 g/mol. The van der Waals surface area contributed by atoms with Crippen LogP contribution in [0.15, 0.2) is 30.3 Å². The van der Waals surface area contributed by atoms with Gasteiger partial charge in [-0.2, -0.15) is 0 Å². The highest BCUT2D eigenvalue weighted by Crippen LogP contribution is 2.17. The number of carbonyl (C=O) groups excluding carboxylic acids is 1. The van der Waals surface area contributed by atoms with Gasteiger partial charge in [0.1, 0.15) is 0 Å². The Morgan fingerprint density at radius 3 is 2.63 bits per heavy atom. The van der Waals surface area contributed by atoms with Crippen LogP contribution in [0.1, 0.15) is 18.9 Å². The first-order valence-electron chi connectivity index (χ1n) is 6.67. The Hall–Kier alpha value is -1.00. The second-order valence-electron chi connectivity index (χ2n) is 4.89. The van der Waals surface area contributed by atoms with Gasteiger partial charge < -0.3 is 10.2 Å². The zero-order chi connectivity index (χ0) is 14.1. The van der Waals surface area contributed by atoms with Gasteiger partial charge in [0.05, 0.1) is 5.25 Å². The fraction of sp³-hybridized carbons (Fsp3) is 0.533. The standard InChI is InChI=1S/C15H24N2OS/c1-13(15(18)16-10-7-11-17(2)3)19-12-14-8-5-4-6-9-14/h4-6,8-9,13H,7,10-12H2,1-3H3,(H,16,18)/t13-/m0/s1. The lowest BCUT2D eigenvalue weighted by atomic mass is 10.2. The van der Waals surface area contributed by atoms with Crippen LogP contribution < -0.4 is 5.32 Å². The molecule has 4 heteroatoms. The van der Waals surface area contributed by atoms with Crippen molar-refractivity contribution in [1.82, 2.24) is 10.2 Å². The van der Waals surface area contributed by atoms with Crippen molar-refractivity contribution in [3.05, 3.63) is 35.9 Å². The lowest BCUT2D eigenvalue weighted by Gasteiger charge is -2.13. The molecule has 0 fully saturated rings. The molecule has 0 spiro atoms. The van der Waals surface area contributed by atoms with Gasteiger partial charge in [-0.25, -0.2) is 0 Å². The average Bonchev–Trinajstić information content (AvgIpc) is 2.41. The van der Waals surface area contributed by atoms with E-state index in [0.29, 0.717) is 0 Å². The summed E-state index contributed by atoms with van der Waals surface area (Å²) in [4.78, 5) is 14.0. The molecule has 1 N–H and O–H groups in total. The first-order valence-corrected chi connectivity index (χ1v) is 7.72. The SMILES string of the molecule is C[C@H](SCc1ccccc1)C(=O)NCCCN(C)C. The van der Waals surface area contributed by atoms with Gasteiger partial charge in [0.2, 0.25) is 5.91 Å². The highest BCUT2D eigenvalue weighted by Gasteiger charge is 2.12. The van der Waals surface area contributed by atoms with Gasteiger partial charge in [-0.3, -0.25) is 4.79 Å². The third-order valence-electron chi connectivity index (χ3n) is 2.79. The number of nitrogens with one attached hydrogen (secondary N) is 1. The molecular formula is C15H24N2OS. The number of nitrogens with zero attached hydrogens (tertiary/aromatic N) is 1. The summed E-state index contributed by atoms with van der Waals surface area (Å²) in [5, 5.41) is 2.99. The van der Waals surface area contributed by atoms with Crippen molar-refractivity contribution in [2.45, 2.75) is 24.3 Å². The fourth-order valence-corrected chi connectivity index (χ4v) is 2.49. The van der Waals surface area contributed by atoms with Crippen molar-refractivity contribution in [3.63, 3.8) is 0 Å². The quantitative estimate of drug-likeness (QED) is 0.742. The van der Waals surface area contributed by atoms with Crippen LogP contribution in [-0.2, 0) is 10.5 Å². The van der Waals surface area contributed by atoms with E-state index >= 15 is 0 Å². The summed E-state index contributed by atoms with van der Waals surface area (Å²) in [6.07, 6.45) is 0.995. The molecule has 1 aromatic rings. The van der Waals surface area contributed by atoms with Crippen LogP contribution in [0.5, 0.6) is 0 Å². The molecule has 1 rings (SSSR count). The maximum Gasteiger partial charge on any atom is 0.232 e. The number of amides is 1. The molecule has 0 saturated heterocycles. The Morgan fingerprint density at radius 1 is 1.32 bits per heavy atom. The van der Waals surface area contributed by atoms with E-state index in [1.807, 2.05) is 39.2 Å². The van der Waals surface area contributed by atoms with Crippen molar-refractivity contribution in [2.75, 3.05) is 27.2 Å². The Labute approximate surface area is 120 Å². The molecule has 0 aromatic heterocycles. The Bertz CT molecular complexity index is 368. The van der Waals surface area contributed by atoms with Crippen LogP contribution in [-0.4, -0.2) is 43.2 Å². The van der Waals surface area contributed by atoms with Gasteiger partial charge in [-0.05, 0) is 39.5 Å². The maximum absolute atomic E-state index is 11.9. The highest BCUT2D eigenvalue weighted by atomic mass is 32.2. The Kier molecular flexibility index (Phi) is 7.60. The molecule has 0 saturated carbocycles. The zero-order valence-electron chi connectivity index (χ0n) is 12.1. The largest absolute Gasteiger partial charge is 0.355 e. The van der Waals surface area contributed by atoms with E-state index in [2.05, 4.69) is 22.3 Å². The Morgan fingerprint density at radius 2 is 2.00 bits per heavy atom. The number of rotatable bonds is 8. The van der Waals surface area contributed by atoms with E-state index in [-0.39, 0.29) is 11.2 Å². The molecule has 0 aliphatic rings. The third kappa shape index (κ3) is 7.23. The normalized spacial score (nSPS) is 12.4. The van der Waals surface area contributed by atoms with Gasteiger partial charge in [-0.1, -0.05) is 30.3 Å². The maximum atomic E-state index is 11.9. The molecule has 0 bridgehead atoms. The lowest BCUT2D eigenvalue weighted by molar-refractivity contribution is -0.120. The molecule has 0 unspecified atom stereocenters. The molecule has 0 aliphatic heterocycles. The van der Waals surface area contributed by atoms with Crippen molar-refractivity contribution >= 4 is 17.7 Å². The molecule has 3 nitrogen and oxygen atoms in total. The molecule has 1 amide bonds. The monoisotopic (exact) mass is 280 g/mol. The minimum atomic E-state index is -0.000405. The molecule has 0 radical (unpaired) electrons. The minimum Gasteiger partial charge on any atom is -0.355 e. The van der Waals surface area contributed by atoms with E-state index < -0.39 is 0 Å². The first kappa shape index (κ1) is 16.1. The average molecular weight is 280 g/mol. The number of thioether (sulfide) groups is 1. The lowest BCUT2D eigenvalue weighted by Crippen LogP contribution is -2.33. The van der Waals surface area contributed by atoms with Gasteiger partial charge >= 0.3 is 0 Å². The van der Waals surface area contributed by atoms with E-state index in [9.17, 15) is 4.79 Å². The summed E-state index contributed by atoms with van der Waals surface area (Å²) >= 11 is 1.68. The van der Waals surface area contributed by atoms with Crippen LogP contribution >= 0.6 is 11.8 Å². The van der Waals surface area contributed by atoms with Gasteiger partial charge in [0.15, 0.2) is 0 Å². The predicted octanol–water partition coefficient (Wildman–Crippen LogP) is 2.38. The summed E-state index contributed by atoms with van der Waals surface area (Å²) in [6, 6.07) is 10.3. The number of benzene rings is 1. The van der Waals surface area contributed by atoms with Crippen molar-refractivity contribution in [2.24, 2.45) is 0 Å². The van der Waals surface area contributed by atoms with E-state index in [4.69, 9.17) is 0 Å². The summed E-state index contributed by atoms with van der Waals surface area (Å²) in [6.45, 7) is 3.73. The third-order valence-corrected chi connectivity index (χ3v) is 4.01. The van der Waals surface area contributed by atoms with Gasteiger partial charge in [0.25, 0.3) is 0 Å². The Balaban J connectivity index is 2.18. The summed E-state index contributed by atoms with van der Waals surface area (Å²) in [5.74, 6) is 1.02. The predicted molar refractivity (Wildman–Crippen MR) is 83.4 cm³/mol. The number of hydrogen-bond acceptors (Lipinski definition) is 3. The topological polar surface area (TPSA) is 32.3 Å². The molecule has 0 aliphatic carbocycles. The number of hydrogen-bond donors (Lipinski definition) is 1. The molecule has 0 heterocycles. The van der Waals surface area contributed by atoms with Crippen molar-refractivity contribution in [3.8, 4) is 0 Å². The second-order valence-corrected chi connectivity index (χ2v) is 6.22. The first-order chi connectivity index (χ1) is 9.09. The highest BCUT2D eigenvalue weighted by molar-refractivity contribution is 7.99. The van der Waals surface area contributed by atoms with Crippen LogP contribution in [0.4, 0.5) is 0 Å². The molecule has 1 atom stereocenters. The van der Waals surface area contributed by atoms with Crippen LogP contribution in [0.2, 0.25) is 0 Å². The summed E-state index contributed by atoms with van der Waals surface area (Å²) in [7, 11) is 4.08. The van der Waals surface area contributed by atoms with Gasteiger partial charge in [0, 0.05) is 12.3 Å². The van der Waals surface area contributed by atoms with Crippen LogP contribution in [0.25, 0.3) is 0 Å². The van der Waals surface area contributed by atoms with E-state index in [1.54, 1.807) is 11.8 Å². The van der Waals surface area contributed by atoms with Gasteiger partial charge in [-0.15, -0.1) is 11.8 Å². The number of carbonyl (C=O) groups is 1. The van der Waals surface area contributed by atoms with Crippen LogP contribution in [0.3, 0.4) is 0 Å². The van der Waals surface area contributed by atoms with Crippen molar-refractivity contribution < 1.29 is 4.79 Å². The smallest absolute Gasteiger partial charge is 0.232 e.